The summed E-state index contributed by atoms with van der Waals surface area (Å²) in [4.78, 5) is 0. The molecule has 1 aliphatic rings. The Morgan fingerprint density at radius 3 is 2.20 bits per heavy atom. The van der Waals surface area contributed by atoms with Gasteiger partial charge in [-0.2, -0.15) is 0 Å². The van der Waals surface area contributed by atoms with Crippen molar-refractivity contribution in [2.45, 2.75) is 32.7 Å². The van der Waals surface area contributed by atoms with Gasteiger partial charge in [0.05, 0.1) is 0 Å². The van der Waals surface area contributed by atoms with Gasteiger partial charge in [-0.15, -0.1) is 0 Å². The Kier molecular flexibility index (Phi) is 2.59. The first-order valence-corrected chi connectivity index (χ1v) is 5.81. The molecule has 3 unspecified atom stereocenters. The minimum Gasteiger partial charge on any atom is -0.316 e. The molecule has 15 heavy (non-hydrogen) atoms. The molecule has 0 heterocycles. The van der Waals surface area contributed by atoms with Crippen molar-refractivity contribution in [3.8, 4) is 0 Å². The standard InChI is InChI=1S/C14H21N/c1-10-12(11-8-6-5-7-9-11)14(2,3)13(10)15-4/h5-10,12-13,15H,1-4H3. The zero-order valence-corrected chi connectivity index (χ0v) is 10.1. The molecule has 0 amide bonds. The molecular formula is C14H21N. The van der Waals surface area contributed by atoms with Crippen LogP contribution in [-0.2, 0) is 0 Å². The van der Waals surface area contributed by atoms with Gasteiger partial charge < -0.3 is 5.32 Å². The van der Waals surface area contributed by atoms with Crippen LogP contribution in [0.25, 0.3) is 0 Å². The lowest BCUT2D eigenvalue weighted by atomic mass is 9.50. The fraction of sp³-hybridized carbons (Fsp3) is 0.571. The Morgan fingerprint density at radius 1 is 1.13 bits per heavy atom. The smallest absolute Gasteiger partial charge is 0.0153 e. The number of rotatable bonds is 2. The Morgan fingerprint density at radius 2 is 1.73 bits per heavy atom. The summed E-state index contributed by atoms with van der Waals surface area (Å²) in [5.41, 5.74) is 1.86. The Bertz CT molecular complexity index is 328. The van der Waals surface area contributed by atoms with Crippen LogP contribution in [0.1, 0.15) is 32.3 Å². The van der Waals surface area contributed by atoms with Crippen molar-refractivity contribution in [1.82, 2.24) is 5.32 Å². The van der Waals surface area contributed by atoms with Crippen molar-refractivity contribution in [3.63, 3.8) is 0 Å². The lowest BCUT2D eigenvalue weighted by molar-refractivity contribution is 0.00509. The first kappa shape index (κ1) is 10.7. The number of hydrogen-bond acceptors (Lipinski definition) is 1. The van der Waals surface area contributed by atoms with Crippen LogP contribution >= 0.6 is 0 Å². The maximum atomic E-state index is 3.44. The molecule has 1 aliphatic carbocycles. The van der Waals surface area contributed by atoms with Crippen LogP contribution < -0.4 is 5.32 Å². The van der Waals surface area contributed by atoms with Crippen molar-refractivity contribution in [2.75, 3.05) is 7.05 Å². The van der Waals surface area contributed by atoms with Gasteiger partial charge in [-0.3, -0.25) is 0 Å². The summed E-state index contributed by atoms with van der Waals surface area (Å²) >= 11 is 0. The second-order valence-electron chi connectivity index (χ2n) is 5.34. The van der Waals surface area contributed by atoms with E-state index in [-0.39, 0.29) is 0 Å². The van der Waals surface area contributed by atoms with E-state index in [9.17, 15) is 0 Å². The van der Waals surface area contributed by atoms with E-state index in [2.05, 4.69) is 63.5 Å². The van der Waals surface area contributed by atoms with Gasteiger partial charge in [0.2, 0.25) is 0 Å². The van der Waals surface area contributed by atoms with E-state index in [1.807, 2.05) is 0 Å². The van der Waals surface area contributed by atoms with Gasteiger partial charge in [0.15, 0.2) is 0 Å². The molecule has 0 radical (unpaired) electrons. The second kappa shape index (κ2) is 3.64. The minimum absolute atomic E-state index is 0.371. The van der Waals surface area contributed by atoms with Crippen LogP contribution in [0.4, 0.5) is 0 Å². The lowest BCUT2D eigenvalue weighted by Crippen LogP contribution is -2.60. The van der Waals surface area contributed by atoms with Crippen molar-refractivity contribution in [1.29, 1.82) is 0 Å². The molecule has 0 spiro atoms. The molecule has 1 aromatic carbocycles. The molecule has 1 saturated carbocycles. The first-order valence-electron chi connectivity index (χ1n) is 5.81. The largest absolute Gasteiger partial charge is 0.316 e. The Balaban J connectivity index is 2.26. The maximum absolute atomic E-state index is 3.44. The predicted octanol–water partition coefficient (Wildman–Crippen LogP) is 3.03. The van der Waals surface area contributed by atoms with Gasteiger partial charge in [0, 0.05) is 6.04 Å². The highest BCUT2D eigenvalue weighted by atomic mass is 14.9. The van der Waals surface area contributed by atoms with Crippen LogP contribution in [0.15, 0.2) is 30.3 Å². The summed E-state index contributed by atoms with van der Waals surface area (Å²) in [6, 6.07) is 11.5. The van der Waals surface area contributed by atoms with Crippen molar-refractivity contribution >= 4 is 0 Å². The Hall–Kier alpha value is -0.820. The highest BCUT2D eigenvalue weighted by Crippen LogP contribution is 2.56. The van der Waals surface area contributed by atoms with Gasteiger partial charge in [0.25, 0.3) is 0 Å². The van der Waals surface area contributed by atoms with Gasteiger partial charge in [0.1, 0.15) is 0 Å². The van der Waals surface area contributed by atoms with E-state index < -0.39 is 0 Å². The van der Waals surface area contributed by atoms with Gasteiger partial charge in [-0.25, -0.2) is 0 Å². The molecule has 1 aromatic rings. The number of hydrogen-bond donors (Lipinski definition) is 1. The molecule has 1 fully saturated rings. The molecule has 3 atom stereocenters. The van der Waals surface area contributed by atoms with E-state index in [0.717, 1.165) is 5.92 Å². The highest BCUT2D eigenvalue weighted by molar-refractivity contribution is 5.29. The summed E-state index contributed by atoms with van der Waals surface area (Å²) in [6.45, 7) is 7.09. The van der Waals surface area contributed by atoms with E-state index >= 15 is 0 Å². The molecule has 0 aliphatic heterocycles. The van der Waals surface area contributed by atoms with Crippen LogP contribution in [0, 0.1) is 11.3 Å². The van der Waals surface area contributed by atoms with E-state index in [0.29, 0.717) is 17.4 Å². The third-order valence-corrected chi connectivity index (χ3v) is 4.12. The summed E-state index contributed by atoms with van der Waals surface area (Å²) in [5.74, 6) is 1.42. The van der Waals surface area contributed by atoms with Crippen LogP contribution in [0.2, 0.25) is 0 Å². The maximum Gasteiger partial charge on any atom is 0.0153 e. The SMILES string of the molecule is CNC1C(C)C(c2ccccc2)C1(C)C. The summed E-state index contributed by atoms with van der Waals surface area (Å²) in [6.07, 6.45) is 0. The highest BCUT2D eigenvalue weighted by Gasteiger charge is 2.53. The summed E-state index contributed by atoms with van der Waals surface area (Å²) in [7, 11) is 2.07. The van der Waals surface area contributed by atoms with Crippen molar-refractivity contribution < 1.29 is 0 Å². The fourth-order valence-corrected chi connectivity index (χ4v) is 3.65. The zero-order valence-electron chi connectivity index (χ0n) is 10.1. The fourth-order valence-electron chi connectivity index (χ4n) is 3.65. The Labute approximate surface area is 92.9 Å². The average molecular weight is 203 g/mol. The van der Waals surface area contributed by atoms with Gasteiger partial charge >= 0.3 is 0 Å². The van der Waals surface area contributed by atoms with E-state index in [4.69, 9.17) is 0 Å². The molecule has 2 rings (SSSR count). The molecule has 82 valence electrons. The monoisotopic (exact) mass is 203 g/mol. The van der Waals surface area contributed by atoms with Crippen LogP contribution in [-0.4, -0.2) is 13.1 Å². The van der Waals surface area contributed by atoms with Crippen molar-refractivity contribution in [2.24, 2.45) is 11.3 Å². The number of benzene rings is 1. The normalized spacial score (nSPS) is 33.5. The van der Waals surface area contributed by atoms with E-state index in [1.165, 1.54) is 5.56 Å². The van der Waals surface area contributed by atoms with Crippen LogP contribution in [0.5, 0.6) is 0 Å². The minimum atomic E-state index is 0.371. The summed E-state index contributed by atoms with van der Waals surface area (Å²) < 4.78 is 0. The van der Waals surface area contributed by atoms with E-state index in [1.54, 1.807) is 0 Å². The average Bonchev–Trinajstić information content (AvgIpc) is 2.19. The topological polar surface area (TPSA) is 12.0 Å². The third-order valence-electron chi connectivity index (χ3n) is 4.12. The lowest BCUT2D eigenvalue weighted by Gasteiger charge is -2.58. The molecule has 1 nitrogen and oxygen atoms in total. The molecule has 1 heteroatoms. The first-order chi connectivity index (χ1) is 7.09. The van der Waals surface area contributed by atoms with Crippen molar-refractivity contribution in [3.05, 3.63) is 35.9 Å². The summed E-state index contributed by atoms with van der Waals surface area (Å²) in [5, 5.41) is 3.44. The van der Waals surface area contributed by atoms with Gasteiger partial charge in [-0.05, 0) is 29.9 Å². The zero-order chi connectivity index (χ0) is 11.1. The predicted molar refractivity (Wildman–Crippen MR) is 65.0 cm³/mol. The van der Waals surface area contributed by atoms with Gasteiger partial charge in [-0.1, -0.05) is 51.1 Å². The van der Waals surface area contributed by atoms with Crippen LogP contribution in [0.3, 0.4) is 0 Å². The third kappa shape index (κ3) is 1.50. The molecule has 0 bridgehead atoms. The number of nitrogens with one attached hydrogen (secondary N) is 1. The molecular weight excluding hydrogens is 182 g/mol. The molecule has 0 aromatic heterocycles. The second-order valence-corrected chi connectivity index (χ2v) is 5.34. The quantitative estimate of drug-likeness (QED) is 0.779. The molecule has 1 N–H and O–H groups in total. The molecule has 0 saturated heterocycles.